The second kappa shape index (κ2) is 9.04. The summed E-state index contributed by atoms with van der Waals surface area (Å²) in [6, 6.07) is 14.5. The standard InChI is InChI=1S/C21H26N2O3/c1-5-19(26-16-12-10-15(4)11-13-16)21(25)23-18-9-7-6-8-17(18)20(24)22-14(2)3/h6-14,19H,5H2,1-4H3,(H,22,24)(H,23,25). The molecule has 2 N–H and O–H groups in total. The van der Waals surface area contributed by atoms with Crippen molar-refractivity contribution in [1.82, 2.24) is 5.32 Å². The maximum absolute atomic E-state index is 12.6. The molecular weight excluding hydrogens is 328 g/mol. The molecular formula is C21H26N2O3. The van der Waals surface area contributed by atoms with Crippen molar-refractivity contribution in [2.45, 2.75) is 46.3 Å². The quantitative estimate of drug-likeness (QED) is 0.792. The summed E-state index contributed by atoms with van der Waals surface area (Å²) in [5.74, 6) is 0.143. The number of para-hydroxylation sites is 1. The first-order chi connectivity index (χ1) is 12.4. The summed E-state index contributed by atoms with van der Waals surface area (Å²) >= 11 is 0. The fraction of sp³-hybridized carbons (Fsp3) is 0.333. The second-order valence-corrected chi connectivity index (χ2v) is 6.49. The van der Waals surface area contributed by atoms with Gasteiger partial charge in [0.25, 0.3) is 11.8 Å². The van der Waals surface area contributed by atoms with Crippen LogP contribution in [0.2, 0.25) is 0 Å². The van der Waals surface area contributed by atoms with E-state index in [1.807, 2.05) is 52.0 Å². The van der Waals surface area contributed by atoms with Gasteiger partial charge in [-0.25, -0.2) is 0 Å². The zero-order chi connectivity index (χ0) is 19.1. The molecule has 0 aliphatic heterocycles. The second-order valence-electron chi connectivity index (χ2n) is 6.49. The van der Waals surface area contributed by atoms with Crippen LogP contribution in [0.25, 0.3) is 0 Å². The zero-order valence-electron chi connectivity index (χ0n) is 15.7. The van der Waals surface area contributed by atoms with Crippen LogP contribution in [-0.2, 0) is 4.79 Å². The van der Waals surface area contributed by atoms with Crippen LogP contribution in [-0.4, -0.2) is 24.0 Å². The number of hydrogen-bond acceptors (Lipinski definition) is 3. The van der Waals surface area contributed by atoms with Crippen LogP contribution in [0.5, 0.6) is 5.75 Å². The highest BCUT2D eigenvalue weighted by atomic mass is 16.5. The molecule has 2 aromatic rings. The Balaban J connectivity index is 2.12. The SMILES string of the molecule is CCC(Oc1ccc(C)cc1)C(=O)Nc1ccccc1C(=O)NC(C)C. The van der Waals surface area contributed by atoms with E-state index in [1.165, 1.54) is 0 Å². The molecule has 138 valence electrons. The number of anilines is 1. The van der Waals surface area contributed by atoms with Crippen LogP contribution in [0.15, 0.2) is 48.5 Å². The van der Waals surface area contributed by atoms with E-state index >= 15 is 0 Å². The van der Waals surface area contributed by atoms with Crippen LogP contribution in [0.4, 0.5) is 5.69 Å². The van der Waals surface area contributed by atoms with Gasteiger partial charge in [0.15, 0.2) is 6.10 Å². The molecule has 0 aliphatic carbocycles. The van der Waals surface area contributed by atoms with Crippen molar-refractivity contribution in [2.75, 3.05) is 5.32 Å². The minimum absolute atomic E-state index is 0.0134. The van der Waals surface area contributed by atoms with Crippen molar-refractivity contribution in [3.05, 3.63) is 59.7 Å². The molecule has 2 amide bonds. The highest BCUT2D eigenvalue weighted by molar-refractivity contribution is 6.04. The third kappa shape index (κ3) is 5.34. The predicted molar refractivity (Wildman–Crippen MR) is 104 cm³/mol. The van der Waals surface area contributed by atoms with Gasteiger partial charge in [0.2, 0.25) is 0 Å². The Morgan fingerprint density at radius 1 is 1.04 bits per heavy atom. The van der Waals surface area contributed by atoms with Crippen LogP contribution < -0.4 is 15.4 Å². The summed E-state index contributed by atoms with van der Waals surface area (Å²) in [6.45, 7) is 7.66. The lowest BCUT2D eigenvalue weighted by Crippen LogP contribution is -2.34. The van der Waals surface area contributed by atoms with E-state index < -0.39 is 6.10 Å². The van der Waals surface area contributed by atoms with Crippen LogP contribution >= 0.6 is 0 Å². The topological polar surface area (TPSA) is 67.4 Å². The summed E-state index contributed by atoms with van der Waals surface area (Å²) in [7, 11) is 0. The molecule has 0 radical (unpaired) electrons. The predicted octanol–water partition coefficient (Wildman–Crippen LogP) is 3.93. The molecule has 0 saturated heterocycles. The van der Waals surface area contributed by atoms with Crippen LogP contribution in [0.1, 0.15) is 43.1 Å². The number of ether oxygens (including phenoxy) is 1. The summed E-state index contributed by atoms with van der Waals surface area (Å²) in [5.41, 5.74) is 2.03. The van der Waals surface area contributed by atoms with E-state index in [-0.39, 0.29) is 17.9 Å². The van der Waals surface area contributed by atoms with E-state index in [1.54, 1.807) is 24.3 Å². The van der Waals surface area contributed by atoms with Crippen LogP contribution in [0.3, 0.4) is 0 Å². The minimum Gasteiger partial charge on any atom is -0.481 e. The van der Waals surface area contributed by atoms with E-state index in [0.717, 1.165) is 5.56 Å². The Morgan fingerprint density at radius 2 is 1.69 bits per heavy atom. The van der Waals surface area contributed by atoms with Gasteiger partial charge in [-0.3, -0.25) is 9.59 Å². The van der Waals surface area contributed by atoms with Crippen LogP contribution in [0, 0.1) is 6.92 Å². The minimum atomic E-state index is -0.640. The van der Waals surface area contributed by atoms with Crippen molar-refractivity contribution in [3.63, 3.8) is 0 Å². The van der Waals surface area contributed by atoms with E-state index in [9.17, 15) is 9.59 Å². The van der Waals surface area contributed by atoms with Gasteiger partial charge in [-0.1, -0.05) is 36.8 Å². The molecule has 0 bridgehead atoms. The number of rotatable bonds is 7. The van der Waals surface area contributed by atoms with E-state index in [4.69, 9.17) is 4.74 Å². The van der Waals surface area contributed by atoms with E-state index in [2.05, 4.69) is 10.6 Å². The third-order valence-corrected chi connectivity index (χ3v) is 3.81. The fourth-order valence-electron chi connectivity index (χ4n) is 2.45. The van der Waals surface area contributed by atoms with Gasteiger partial charge in [0.05, 0.1) is 11.3 Å². The van der Waals surface area contributed by atoms with Crippen molar-refractivity contribution < 1.29 is 14.3 Å². The Hall–Kier alpha value is -2.82. The Bertz CT molecular complexity index is 754. The monoisotopic (exact) mass is 354 g/mol. The number of amides is 2. The third-order valence-electron chi connectivity index (χ3n) is 3.81. The molecule has 0 heterocycles. The fourth-order valence-corrected chi connectivity index (χ4v) is 2.45. The molecule has 2 rings (SSSR count). The van der Waals surface area contributed by atoms with E-state index in [0.29, 0.717) is 23.4 Å². The smallest absolute Gasteiger partial charge is 0.265 e. The summed E-state index contributed by atoms with van der Waals surface area (Å²) < 4.78 is 5.80. The van der Waals surface area contributed by atoms with Gasteiger partial charge in [0, 0.05) is 6.04 Å². The number of carbonyl (C=O) groups is 2. The first kappa shape index (κ1) is 19.5. The van der Waals surface area contributed by atoms with Crippen molar-refractivity contribution in [2.24, 2.45) is 0 Å². The Kier molecular flexibility index (Phi) is 6.78. The summed E-state index contributed by atoms with van der Waals surface area (Å²) in [5, 5.41) is 5.66. The number of hydrogen-bond donors (Lipinski definition) is 2. The summed E-state index contributed by atoms with van der Waals surface area (Å²) in [6.07, 6.45) is -0.126. The van der Waals surface area contributed by atoms with Gasteiger partial charge in [-0.05, 0) is 51.5 Å². The molecule has 5 heteroatoms. The number of carbonyl (C=O) groups excluding carboxylic acids is 2. The normalized spacial score (nSPS) is 11.7. The first-order valence-electron chi connectivity index (χ1n) is 8.84. The lowest BCUT2D eigenvalue weighted by molar-refractivity contribution is -0.122. The maximum Gasteiger partial charge on any atom is 0.265 e. The van der Waals surface area contributed by atoms with Gasteiger partial charge in [-0.2, -0.15) is 0 Å². The lowest BCUT2D eigenvalue weighted by Gasteiger charge is -2.19. The molecule has 0 aliphatic rings. The number of nitrogens with one attached hydrogen (secondary N) is 2. The Morgan fingerprint density at radius 3 is 2.31 bits per heavy atom. The molecule has 26 heavy (non-hydrogen) atoms. The molecule has 0 saturated carbocycles. The van der Waals surface area contributed by atoms with Gasteiger partial charge in [0.1, 0.15) is 5.75 Å². The number of aryl methyl sites for hydroxylation is 1. The molecule has 0 fully saturated rings. The molecule has 0 spiro atoms. The van der Waals surface area contributed by atoms with Crippen molar-refractivity contribution >= 4 is 17.5 Å². The highest BCUT2D eigenvalue weighted by Crippen LogP contribution is 2.18. The highest BCUT2D eigenvalue weighted by Gasteiger charge is 2.21. The van der Waals surface area contributed by atoms with Gasteiger partial charge < -0.3 is 15.4 Å². The molecule has 2 aromatic carbocycles. The molecule has 1 atom stereocenters. The molecule has 5 nitrogen and oxygen atoms in total. The average Bonchev–Trinajstić information content (AvgIpc) is 2.61. The Labute approximate surface area is 154 Å². The molecule has 1 unspecified atom stereocenters. The first-order valence-corrected chi connectivity index (χ1v) is 8.84. The van der Waals surface area contributed by atoms with Gasteiger partial charge in [-0.15, -0.1) is 0 Å². The summed E-state index contributed by atoms with van der Waals surface area (Å²) in [4.78, 5) is 25.0. The lowest BCUT2D eigenvalue weighted by atomic mass is 10.1. The largest absolute Gasteiger partial charge is 0.481 e. The van der Waals surface area contributed by atoms with Crippen molar-refractivity contribution in [3.8, 4) is 5.75 Å². The molecule has 0 aromatic heterocycles. The average molecular weight is 354 g/mol. The van der Waals surface area contributed by atoms with Crippen molar-refractivity contribution in [1.29, 1.82) is 0 Å². The zero-order valence-corrected chi connectivity index (χ0v) is 15.7. The maximum atomic E-state index is 12.6. The number of benzene rings is 2. The van der Waals surface area contributed by atoms with Gasteiger partial charge >= 0.3 is 0 Å².